The van der Waals surface area contributed by atoms with Crippen LogP contribution >= 0.6 is 0 Å². The highest BCUT2D eigenvalue weighted by Gasteiger charge is 2.40. The number of likely N-dealkylation sites (tertiary alicyclic amines) is 1. The van der Waals surface area contributed by atoms with E-state index in [2.05, 4.69) is 40.1 Å². The molecule has 2 saturated heterocycles. The van der Waals surface area contributed by atoms with Crippen LogP contribution in [0.2, 0.25) is 0 Å². The Morgan fingerprint density at radius 3 is 2.09 bits per heavy atom. The zero-order valence-corrected chi connectivity index (χ0v) is 19.4. The minimum Gasteiger partial charge on any atom is -0.475 e. The number of morpholine rings is 1. The Labute approximate surface area is 197 Å². The predicted octanol–water partition coefficient (Wildman–Crippen LogP) is 1.13. The van der Waals surface area contributed by atoms with Gasteiger partial charge >= 0.3 is 24.3 Å². The highest BCUT2D eigenvalue weighted by molar-refractivity contribution is 5.73. The summed E-state index contributed by atoms with van der Waals surface area (Å²) in [6, 6.07) is 0.551. The third-order valence-corrected chi connectivity index (χ3v) is 4.98. The summed E-state index contributed by atoms with van der Waals surface area (Å²) < 4.78 is 71.3. The third-order valence-electron chi connectivity index (χ3n) is 4.98. The summed E-state index contributed by atoms with van der Waals surface area (Å²) in [5.41, 5.74) is 1.29. The van der Waals surface area contributed by atoms with Crippen molar-refractivity contribution in [1.82, 2.24) is 24.5 Å². The van der Waals surface area contributed by atoms with E-state index in [9.17, 15) is 26.3 Å². The van der Waals surface area contributed by atoms with E-state index in [1.54, 1.807) is 0 Å². The quantitative estimate of drug-likeness (QED) is 0.551. The van der Waals surface area contributed by atoms with Crippen molar-refractivity contribution in [2.45, 2.75) is 31.0 Å². The largest absolute Gasteiger partial charge is 0.490 e. The van der Waals surface area contributed by atoms with Crippen LogP contribution in [0.25, 0.3) is 0 Å². The Kier molecular flexibility index (Phi) is 11.4. The number of likely N-dealkylation sites (N-methyl/N-ethyl adjacent to an activating group) is 1. The molecule has 10 nitrogen and oxygen atoms in total. The van der Waals surface area contributed by atoms with Crippen molar-refractivity contribution in [3.05, 3.63) is 18.0 Å². The first kappa shape index (κ1) is 30.6. The number of nitrogens with zero attached hydrogens (tertiary/aromatic N) is 5. The molecule has 0 aromatic carbocycles. The van der Waals surface area contributed by atoms with Crippen LogP contribution in [0.4, 0.5) is 26.3 Å². The molecule has 0 amide bonds. The van der Waals surface area contributed by atoms with E-state index >= 15 is 0 Å². The maximum atomic E-state index is 10.6. The lowest BCUT2D eigenvalue weighted by molar-refractivity contribution is -0.193. The number of carbonyl (C=O) groups is 2. The van der Waals surface area contributed by atoms with Crippen molar-refractivity contribution in [3.8, 4) is 0 Å². The molecule has 1 aromatic rings. The van der Waals surface area contributed by atoms with E-state index in [0.29, 0.717) is 12.1 Å². The number of aliphatic carboxylic acids is 2. The van der Waals surface area contributed by atoms with Gasteiger partial charge in [0.25, 0.3) is 0 Å². The SMILES string of the molecule is CN(C)CCN1CCO[C@H]2CN(Cc3cnn(C)c3)C[C@H]21.O=C(O)C(F)(F)F.O=C(O)C(F)(F)F. The van der Waals surface area contributed by atoms with Crippen LogP contribution in [0.15, 0.2) is 12.4 Å². The van der Waals surface area contributed by atoms with E-state index in [0.717, 1.165) is 45.9 Å². The summed E-state index contributed by atoms with van der Waals surface area (Å²) in [4.78, 5) is 25.2. The van der Waals surface area contributed by atoms with Crippen LogP contribution in [-0.2, 0) is 27.9 Å². The second-order valence-corrected chi connectivity index (χ2v) is 8.14. The Balaban J connectivity index is 0.000000362. The molecule has 2 aliphatic heterocycles. The van der Waals surface area contributed by atoms with Gasteiger partial charge in [-0.3, -0.25) is 14.5 Å². The summed E-state index contributed by atoms with van der Waals surface area (Å²) in [7, 11) is 6.25. The highest BCUT2D eigenvalue weighted by atomic mass is 19.4. The van der Waals surface area contributed by atoms with E-state index in [4.69, 9.17) is 24.5 Å². The lowest BCUT2D eigenvalue weighted by Crippen LogP contribution is -2.52. The van der Waals surface area contributed by atoms with E-state index in [-0.39, 0.29) is 0 Å². The molecular formula is C19H29F6N5O5. The molecule has 0 aliphatic carbocycles. The molecule has 0 saturated carbocycles. The number of halogens is 6. The first-order chi connectivity index (χ1) is 16.0. The number of fused-ring (bicyclic) bond motifs is 1. The molecule has 1 aromatic heterocycles. The number of carboxylic acid groups (broad SMARTS) is 2. The van der Waals surface area contributed by atoms with Crippen molar-refractivity contribution in [1.29, 1.82) is 0 Å². The smallest absolute Gasteiger partial charge is 0.475 e. The van der Waals surface area contributed by atoms with Crippen LogP contribution < -0.4 is 0 Å². The molecule has 0 radical (unpaired) electrons. The van der Waals surface area contributed by atoms with Crippen molar-refractivity contribution in [2.24, 2.45) is 7.05 Å². The molecule has 0 unspecified atom stereocenters. The molecule has 2 aliphatic rings. The van der Waals surface area contributed by atoms with E-state index in [1.807, 2.05) is 17.9 Å². The maximum absolute atomic E-state index is 10.6. The minimum absolute atomic E-state index is 0.373. The second kappa shape index (κ2) is 13.0. The fraction of sp³-hybridized carbons (Fsp3) is 0.737. The van der Waals surface area contributed by atoms with Gasteiger partial charge in [0.2, 0.25) is 0 Å². The first-order valence-electron chi connectivity index (χ1n) is 10.3. The summed E-state index contributed by atoms with van der Waals surface area (Å²) >= 11 is 0. The maximum Gasteiger partial charge on any atom is 0.490 e. The summed E-state index contributed by atoms with van der Waals surface area (Å²) in [5, 5.41) is 18.5. The number of carboxylic acids is 2. The Hall–Kier alpha value is -2.43. The second-order valence-electron chi connectivity index (χ2n) is 8.14. The molecule has 2 atom stereocenters. The van der Waals surface area contributed by atoms with Gasteiger partial charge in [0.1, 0.15) is 0 Å². The number of alkyl halides is 6. The van der Waals surface area contributed by atoms with Crippen molar-refractivity contribution in [3.63, 3.8) is 0 Å². The molecule has 202 valence electrons. The van der Waals surface area contributed by atoms with Crippen LogP contribution in [0.1, 0.15) is 5.56 Å². The van der Waals surface area contributed by atoms with Gasteiger partial charge in [-0.1, -0.05) is 0 Å². The van der Waals surface area contributed by atoms with E-state index < -0.39 is 24.3 Å². The van der Waals surface area contributed by atoms with Crippen molar-refractivity contribution < 1.29 is 50.9 Å². The third kappa shape index (κ3) is 11.2. The van der Waals surface area contributed by atoms with Crippen LogP contribution in [0, 0.1) is 0 Å². The summed E-state index contributed by atoms with van der Waals surface area (Å²) in [5.74, 6) is -5.51. The van der Waals surface area contributed by atoms with Crippen molar-refractivity contribution >= 4 is 11.9 Å². The molecule has 0 spiro atoms. The lowest BCUT2D eigenvalue weighted by Gasteiger charge is -2.37. The number of aryl methyl sites for hydroxylation is 1. The number of aromatic nitrogens is 2. The topological polar surface area (TPSA) is 111 Å². The van der Waals surface area contributed by atoms with Gasteiger partial charge in [0.05, 0.1) is 18.9 Å². The van der Waals surface area contributed by atoms with Crippen LogP contribution in [-0.4, -0.2) is 125 Å². The average molecular weight is 521 g/mol. The van der Waals surface area contributed by atoms with Gasteiger partial charge in [0.15, 0.2) is 0 Å². The summed E-state index contributed by atoms with van der Waals surface area (Å²) in [6.45, 7) is 7.31. The highest BCUT2D eigenvalue weighted by Crippen LogP contribution is 2.24. The van der Waals surface area contributed by atoms with Gasteiger partial charge < -0.3 is 19.8 Å². The van der Waals surface area contributed by atoms with Gasteiger partial charge in [-0.2, -0.15) is 31.4 Å². The molecular weight excluding hydrogens is 492 g/mol. The molecule has 0 bridgehead atoms. The van der Waals surface area contributed by atoms with Gasteiger partial charge in [-0.15, -0.1) is 0 Å². The molecule has 3 rings (SSSR count). The normalized spacial score (nSPS) is 21.0. The molecule has 2 fully saturated rings. The molecule has 3 heterocycles. The Bertz CT molecular complexity index is 793. The van der Waals surface area contributed by atoms with Crippen LogP contribution in [0.5, 0.6) is 0 Å². The Morgan fingerprint density at radius 1 is 1.11 bits per heavy atom. The van der Waals surface area contributed by atoms with Gasteiger partial charge in [-0.05, 0) is 14.1 Å². The van der Waals surface area contributed by atoms with Crippen LogP contribution in [0.3, 0.4) is 0 Å². The Morgan fingerprint density at radius 2 is 1.66 bits per heavy atom. The minimum atomic E-state index is -5.08. The average Bonchev–Trinajstić information content (AvgIpc) is 3.31. The number of rotatable bonds is 5. The molecule has 35 heavy (non-hydrogen) atoms. The van der Waals surface area contributed by atoms with Gasteiger partial charge in [0, 0.05) is 64.1 Å². The molecule has 2 N–H and O–H groups in total. The first-order valence-corrected chi connectivity index (χ1v) is 10.3. The number of hydrogen-bond donors (Lipinski definition) is 2. The fourth-order valence-corrected chi connectivity index (χ4v) is 3.38. The number of ether oxygens (including phenoxy) is 1. The standard InChI is InChI=1S/C15H27N5O.2C2HF3O2/c1-17(2)4-5-20-6-7-21-15-12-19(11-14(15)20)10-13-8-16-18(3)9-13;2*3-2(4,5)1(6)7/h8-9,14-15H,4-7,10-12H2,1-3H3;2*(H,6,7)/t14-,15+;;/m1../s1. The zero-order chi connectivity index (χ0) is 27.0. The van der Waals surface area contributed by atoms with Crippen molar-refractivity contribution in [2.75, 3.05) is 53.4 Å². The predicted molar refractivity (Wildman–Crippen MR) is 110 cm³/mol. The monoisotopic (exact) mass is 521 g/mol. The fourth-order valence-electron chi connectivity index (χ4n) is 3.38. The molecule has 16 heteroatoms. The van der Waals surface area contributed by atoms with E-state index in [1.165, 1.54) is 5.56 Å². The number of hydrogen-bond acceptors (Lipinski definition) is 7. The summed E-state index contributed by atoms with van der Waals surface area (Å²) in [6.07, 6.45) is -5.73. The lowest BCUT2D eigenvalue weighted by atomic mass is 10.1. The van der Waals surface area contributed by atoms with Gasteiger partial charge in [-0.25, -0.2) is 9.59 Å². The zero-order valence-electron chi connectivity index (χ0n) is 19.4.